The van der Waals surface area contributed by atoms with Crippen LogP contribution >= 0.6 is 0 Å². The molecule has 0 unspecified atom stereocenters. The molecule has 160 valence electrons. The van der Waals surface area contributed by atoms with Crippen molar-refractivity contribution >= 4 is 17.6 Å². The second kappa shape index (κ2) is 9.96. The summed E-state index contributed by atoms with van der Waals surface area (Å²) in [6.45, 7) is 0. The molecule has 2 amide bonds. The van der Waals surface area contributed by atoms with E-state index in [1.807, 2.05) is 0 Å². The average Bonchev–Trinajstić information content (AvgIpc) is 3.35. The van der Waals surface area contributed by atoms with E-state index in [0.29, 0.717) is 28.3 Å². The summed E-state index contributed by atoms with van der Waals surface area (Å²) in [6, 6.07) is 11.2. The first-order valence-electron chi connectivity index (χ1n) is 9.19. The Balaban J connectivity index is 1.47. The van der Waals surface area contributed by atoms with E-state index in [1.165, 1.54) is 25.2 Å². The molecule has 0 atom stereocenters. The van der Waals surface area contributed by atoms with Crippen LogP contribution in [0.15, 0.2) is 48.8 Å². The lowest BCUT2D eigenvalue weighted by Gasteiger charge is -2.10. The number of Topliss-reactive ketones (excluding diaryl/α,β-unsaturated/α-hetero) is 1. The van der Waals surface area contributed by atoms with Crippen molar-refractivity contribution in [1.29, 1.82) is 0 Å². The first-order chi connectivity index (χ1) is 15.0. The number of hydrogen-bond acceptors (Lipinski definition) is 8. The van der Waals surface area contributed by atoms with E-state index in [9.17, 15) is 14.4 Å². The first-order valence-corrected chi connectivity index (χ1v) is 9.19. The van der Waals surface area contributed by atoms with Gasteiger partial charge in [0, 0.05) is 24.0 Å². The fourth-order valence-corrected chi connectivity index (χ4v) is 2.69. The van der Waals surface area contributed by atoms with Gasteiger partial charge in [-0.1, -0.05) is 0 Å². The van der Waals surface area contributed by atoms with Gasteiger partial charge >= 0.3 is 0 Å². The number of carbonyl (C=O) groups is 3. The van der Waals surface area contributed by atoms with Crippen molar-refractivity contribution in [2.45, 2.75) is 12.8 Å². The van der Waals surface area contributed by atoms with Crippen molar-refractivity contribution in [2.75, 3.05) is 14.2 Å². The van der Waals surface area contributed by atoms with Crippen LogP contribution in [0.2, 0.25) is 0 Å². The number of hydrogen-bond donors (Lipinski definition) is 2. The normalized spacial score (nSPS) is 10.3. The van der Waals surface area contributed by atoms with Crippen LogP contribution in [-0.4, -0.2) is 52.0 Å². The van der Waals surface area contributed by atoms with Gasteiger partial charge in [-0.05, 0) is 52.9 Å². The van der Waals surface area contributed by atoms with E-state index in [1.54, 1.807) is 42.5 Å². The van der Waals surface area contributed by atoms with E-state index < -0.39 is 11.8 Å². The quantitative estimate of drug-likeness (QED) is 0.405. The molecule has 2 N–H and O–H groups in total. The lowest BCUT2D eigenvalue weighted by atomic mass is 10.1. The van der Waals surface area contributed by atoms with E-state index in [4.69, 9.17) is 9.47 Å². The van der Waals surface area contributed by atoms with Crippen LogP contribution in [0.5, 0.6) is 11.5 Å². The van der Waals surface area contributed by atoms with Gasteiger partial charge in [-0.2, -0.15) is 0 Å². The summed E-state index contributed by atoms with van der Waals surface area (Å²) < 4.78 is 11.8. The number of carbonyl (C=O) groups excluding carboxylic acids is 3. The van der Waals surface area contributed by atoms with Crippen LogP contribution in [0.4, 0.5) is 0 Å². The van der Waals surface area contributed by atoms with E-state index >= 15 is 0 Å². The van der Waals surface area contributed by atoms with Crippen molar-refractivity contribution in [3.63, 3.8) is 0 Å². The van der Waals surface area contributed by atoms with E-state index in [-0.39, 0.29) is 18.6 Å². The molecule has 3 rings (SSSR count). The van der Waals surface area contributed by atoms with Gasteiger partial charge in [0.25, 0.3) is 5.91 Å². The number of amides is 2. The van der Waals surface area contributed by atoms with E-state index in [0.717, 1.165) is 0 Å². The number of ketones is 1. The molecule has 3 aromatic rings. The van der Waals surface area contributed by atoms with Crippen LogP contribution in [0.25, 0.3) is 5.69 Å². The zero-order chi connectivity index (χ0) is 22.2. The molecule has 1 aromatic heterocycles. The highest BCUT2D eigenvalue weighted by Crippen LogP contribution is 2.28. The second-order valence-corrected chi connectivity index (χ2v) is 6.30. The Morgan fingerprint density at radius 3 is 2.26 bits per heavy atom. The standard InChI is InChI=1S/C20H20N6O5/c1-30-17-9-5-14(11-18(17)31-2)16(27)8-10-19(28)22-23-20(29)13-3-6-15(7-4-13)26-12-21-24-25-26/h3-7,9,11-12H,8,10H2,1-2H3,(H,22,28)(H,23,29). The molecule has 0 aliphatic rings. The van der Waals surface area contributed by atoms with Crippen molar-refractivity contribution in [3.05, 3.63) is 59.9 Å². The third kappa shape index (κ3) is 5.41. The zero-order valence-electron chi connectivity index (χ0n) is 16.9. The largest absolute Gasteiger partial charge is 0.493 e. The van der Waals surface area contributed by atoms with Gasteiger partial charge in [-0.25, -0.2) is 4.68 Å². The van der Waals surface area contributed by atoms with Gasteiger partial charge in [-0.3, -0.25) is 25.2 Å². The molecule has 2 aromatic carbocycles. The third-order valence-corrected chi connectivity index (χ3v) is 4.34. The number of hydrazine groups is 1. The summed E-state index contributed by atoms with van der Waals surface area (Å²) in [5.41, 5.74) is 6.03. The van der Waals surface area contributed by atoms with Crippen molar-refractivity contribution < 1.29 is 23.9 Å². The number of aromatic nitrogens is 4. The molecule has 11 nitrogen and oxygen atoms in total. The molecule has 11 heteroatoms. The Hall–Kier alpha value is -4.28. The zero-order valence-corrected chi connectivity index (χ0v) is 16.9. The minimum Gasteiger partial charge on any atom is -0.493 e. The Morgan fingerprint density at radius 2 is 1.61 bits per heavy atom. The lowest BCUT2D eigenvalue weighted by Crippen LogP contribution is -2.41. The van der Waals surface area contributed by atoms with Gasteiger partial charge in [0.1, 0.15) is 6.33 Å². The van der Waals surface area contributed by atoms with Gasteiger partial charge in [0.05, 0.1) is 19.9 Å². The van der Waals surface area contributed by atoms with Crippen LogP contribution in [0.1, 0.15) is 33.6 Å². The summed E-state index contributed by atoms with van der Waals surface area (Å²) in [4.78, 5) is 36.5. The van der Waals surface area contributed by atoms with E-state index in [2.05, 4.69) is 26.4 Å². The minimum absolute atomic E-state index is 0.0299. The summed E-state index contributed by atoms with van der Waals surface area (Å²) >= 11 is 0. The highest BCUT2D eigenvalue weighted by molar-refractivity contribution is 5.99. The second-order valence-electron chi connectivity index (χ2n) is 6.30. The maximum Gasteiger partial charge on any atom is 0.269 e. The Morgan fingerprint density at radius 1 is 0.903 bits per heavy atom. The first kappa shape index (κ1) is 21.4. The monoisotopic (exact) mass is 424 g/mol. The smallest absolute Gasteiger partial charge is 0.269 e. The highest BCUT2D eigenvalue weighted by atomic mass is 16.5. The SMILES string of the molecule is COc1ccc(C(=O)CCC(=O)NNC(=O)c2ccc(-n3cnnn3)cc2)cc1OC. The molecule has 0 bridgehead atoms. The molecule has 0 spiro atoms. The van der Waals surface area contributed by atoms with Crippen LogP contribution in [0, 0.1) is 0 Å². The topological polar surface area (TPSA) is 137 Å². The molecule has 0 saturated carbocycles. The van der Waals surface area contributed by atoms with Crippen LogP contribution in [-0.2, 0) is 4.79 Å². The van der Waals surface area contributed by atoms with Gasteiger partial charge in [-0.15, -0.1) is 5.10 Å². The molecular formula is C20H20N6O5. The molecule has 0 aliphatic carbocycles. The molecule has 0 saturated heterocycles. The molecular weight excluding hydrogens is 404 g/mol. The van der Waals surface area contributed by atoms with Crippen molar-refractivity contribution in [2.24, 2.45) is 0 Å². The Kier molecular flexibility index (Phi) is 6.89. The van der Waals surface area contributed by atoms with Gasteiger partial charge < -0.3 is 9.47 Å². The molecule has 0 radical (unpaired) electrons. The fourth-order valence-electron chi connectivity index (χ4n) is 2.69. The number of tetrazole rings is 1. The molecule has 0 fully saturated rings. The molecule has 31 heavy (non-hydrogen) atoms. The summed E-state index contributed by atoms with van der Waals surface area (Å²) in [5, 5.41) is 10.8. The number of nitrogens with one attached hydrogen (secondary N) is 2. The Bertz CT molecular complexity index is 1070. The van der Waals surface area contributed by atoms with Crippen molar-refractivity contribution in [1.82, 2.24) is 31.1 Å². The number of ether oxygens (including phenoxy) is 2. The number of nitrogens with zero attached hydrogens (tertiary/aromatic N) is 4. The third-order valence-electron chi connectivity index (χ3n) is 4.34. The van der Waals surface area contributed by atoms with Crippen LogP contribution < -0.4 is 20.3 Å². The average molecular weight is 424 g/mol. The number of benzene rings is 2. The summed E-state index contributed by atoms with van der Waals surface area (Å²) in [5.74, 6) is -0.294. The number of rotatable bonds is 8. The lowest BCUT2D eigenvalue weighted by molar-refractivity contribution is -0.121. The van der Waals surface area contributed by atoms with Gasteiger partial charge in [0.2, 0.25) is 5.91 Å². The summed E-state index contributed by atoms with van der Waals surface area (Å²) in [6.07, 6.45) is 1.31. The minimum atomic E-state index is -0.497. The maximum absolute atomic E-state index is 12.3. The molecule has 1 heterocycles. The van der Waals surface area contributed by atoms with Crippen LogP contribution in [0.3, 0.4) is 0 Å². The van der Waals surface area contributed by atoms with Gasteiger partial charge in [0.15, 0.2) is 17.3 Å². The molecule has 0 aliphatic heterocycles. The number of methoxy groups -OCH3 is 2. The highest BCUT2D eigenvalue weighted by Gasteiger charge is 2.13. The summed E-state index contributed by atoms with van der Waals surface area (Å²) in [7, 11) is 2.97. The fraction of sp³-hybridized carbons (Fsp3) is 0.200. The maximum atomic E-state index is 12.3. The Labute approximate surface area is 177 Å². The predicted molar refractivity (Wildman–Crippen MR) is 108 cm³/mol. The van der Waals surface area contributed by atoms with Crippen molar-refractivity contribution in [3.8, 4) is 17.2 Å². The predicted octanol–water partition coefficient (Wildman–Crippen LogP) is 1.10.